The van der Waals surface area contributed by atoms with Gasteiger partial charge in [-0.05, 0) is 43.9 Å². The molecule has 4 aromatic rings. The van der Waals surface area contributed by atoms with Gasteiger partial charge in [0.1, 0.15) is 0 Å². The van der Waals surface area contributed by atoms with Crippen LogP contribution in [0.15, 0.2) is 65.2 Å². The van der Waals surface area contributed by atoms with Crippen LogP contribution in [0.5, 0.6) is 0 Å². The van der Waals surface area contributed by atoms with Crippen LogP contribution in [-0.2, 0) is 4.79 Å². The summed E-state index contributed by atoms with van der Waals surface area (Å²) in [6.07, 6.45) is 5.18. The second-order valence-electron chi connectivity index (χ2n) is 9.99. The second-order valence-corrected chi connectivity index (χ2v) is 9.99. The first kappa shape index (κ1) is 24.7. The highest BCUT2D eigenvalue weighted by molar-refractivity contribution is 6.07. The van der Waals surface area contributed by atoms with Gasteiger partial charge in [0, 0.05) is 48.1 Å². The summed E-state index contributed by atoms with van der Waals surface area (Å²) < 4.78 is 7.84. The fourth-order valence-corrected chi connectivity index (χ4v) is 5.01. The number of benzene rings is 2. The lowest BCUT2D eigenvalue weighted by molar-refractivity contribution is -0.126. The lowest BCUT2D eigenvalue weighted by Crippen LogP contribution is -2.38. The van der Waals surface area contributed by atoms with E-state index in [1.54, 1.807) is 0 Å². The molecule has 0 radical (unpaired) electrons. The maximum Gasteiger partial charge on any atom is 0.253 e. The normalized spacial score (nSPS) is 17.7. The molecule has 2 heterocycles. The third-order valence-corrected chi connectivity index (χ3v) is 7.10. The molecule has 2 aromatic heterocycles. The minimum absolute atomic E-state index is 0.0247. The Hall–Kier alpha value is -3.94. The summed E-state index contributed by atoms with van der Waals surface area (Å²) in [4.78, 5) is 25.7. The second kappa shape index (κ2) is 11.0. The molecule has 2 N–H and O–H groups in total. The number of hydrogen-bond donors (Lipinski definition) is 2. The average molecular weight is 500 g/mol. The van der Waals surface area contributed by atoms with Crippen LogP contribution in [0.4, 0.5) is 0 Å². The van der Waals surface area contributed by atoms with Gasteiger partial charge in [0.25, 0.3) is 5.91 Å². The number of rotatable bonds is 8. The third kappa shape index (κ3) is 5.43. The topological polar surface area (TPSA) is 102 Å². The van der Waals surface area contributed by atoms with E-state index in [0.29, 0.717) is 30.4 Å². The molecular formula is C29H33N5O3. The molecule has 0 saturated heterocycles. The zero-order valence-corrected chi connectivity index (χ0v) is 21.3. The number of carbonyl (C=O) groups excluding carboxylic acids is 2. The summed E-state index contributed by atoms with van der Waals surface area (Å²) >= 11 is 0. The van der Waals surface area contributed by atoms with E-state index in [4.69, 9.17) is 4.42 Å². The molecule has 8 nitrogen and oxygen atoms in total. The van der Waals surface area contributed by atoms with Crippen LogP contribution in [0.25, 0.3) is 16.6 Å². The fraction of sp³-hybridized carbons (Fsp3) is 0.379. The van der Waals surface area contributed by atoms with Crippen LogP contribution in [0.2, 0.25) is 0 Å². The molecule has 1 fully saturated rings. The van der Waals surface area contributed by atoms with Gasteiger partial charge in [-0.2, -0.15) is 0 Å². The van der Waals surface area contributed by atoms with Crippen molar-refractivity contribution >= 4 is 22.7 Å². The first-order valence-electron chi connectivity index (χ1n) is 13.1. The zero-order valence-electron chi connectivity index (χ0n) is 21.3. The molecule has 2 aromatic carbocycles. The van der Waals surface area contributed by atoms with E-state index in [1.165, 1.54) is 0 Å². The number of nitrogens with one attached hydrogen (secondary N) is 2. The summed E-state index contributed by atoms with van der Waals surface area (Å²) in [5, 5.41) is 15.2. The summed E-state index contributed by atoms with van der Waals surface area (Å²) in [5.41, 5.74) is 2.59. The minimum atomic E-state index is -0.152. The van der Waals surface area contributed by atoms with Crippen molar-refractivity contribution in [2.45, 2.75) is 51.4 Å². The van der Waals surface area contributed by atoms with Crippen molar-refractivity contribution in [3.63, 3.8) is 0 Å². The molecule has 1 aliphatic carbocycles. The number of hydrogen-bond acceptors (Lipinski definition) is 5. The summed E-state index contributed by atoms with van der Waals surface area (Å²) in [5.74, 6) is 1.67. The van der Waals surface area contributed by atoms with Gasteiger partial charge in [-0.3, -0.25) is 9.59 Å². The minimum Gasteiger partial charge on any atom is -0.425 e. The molecule has 0 aliphatic heterocycles. The van der Waals surface area contributed by atoms with Gasteiger partial charge in [0.2, 0.25) is 17.7 Å². The number of fused-ring (bicyclic) bond motifs is 1. The van der Waals surface area contributed by atoms with Crippen LogP contribution < -0.4 is 10.6 Å². The highest BCUT2D eigenvalue weighted by atomic mass is 16.4. The summed E-state index contributed by atoms with van der Waals surface area (Å²) in [6.45, 7) is 4.82. The zero-order chi connectivity index (χ0) is 25.8. The highest BCUT2D eigenvalue weighted by Gasteiger charge is 2.30. The Bertz CT molecular complexity index is 1370. The van der Waals surface area contributed by atoms with E-state index in [9.17, 15) is 9.59 Å². The van der Waals surface area contributed by atoms with Crippen LogP contribution in [0.1, 0.15) is 73.5 Å². The van der Waals surface area contributed by atoms with Crippen molar-refractivity contribution in [1.29, 1.82) is 0 Å². The molecule has 0 unspecified atom stereocenters. The number of nitrogens with zero attached hydrogens (tertiary/aromatic N) is 3. The molecule has 37 heavy (non-hydrogen) atoms. The Balaban J connectivity index is 1.11. The molecule has 5 rings (SSSR count). The monoisotopic (exact) mass is 499 g/mol. The SMILES string of the molecule is CC(C)c1nnc([C@H]2CC[C@H](C(=O)NCCNC(=O)c3cn(-c4ccccc4)c4ccccc34)CC2)o1. The number of para-hydroxylation sites is 2. The van der Waals surface area contributed by atoms with Gasteiger partial charge in [0.05, 0.1) is 11.1 Å². The van der Waals surface area contributed by atoms with Gasteiger partial charge >= 0.3 is 0 Å². The number of carbonyl (C=O) groups is 2. The largest absolute Gasteiger partial charge is 0.425 e. The van der Waals surface area contributed by atoms with Crippen molar-refractivity contribution in [2.75, 3.05) is 13.1 Å². The summed E-state index contributed by atoms with van der Waals surface area (Å²) in [6, 6.07) is 17.8. The smallest absolute Gasteiger partial charge is 0.253 e. The molecule has 192 valence electrons. The Morgan fingerprint density at radius 2 is 1.65 bits per heavy atom. The molecule has 1 aliphatic rings. The standard InChI is InChI=1S/C29H33N5O3/c1-19(2)28-32-33-29(37-28)21-14-12-20(13-15-21)26(35)30-16-17-31-27(36)24-18-34(22-8-4-3-5-9-22)25-11-7-6-10-23(24)25/h3-11,18-21H,12-17H2,1-2H3,(H,30,35)(H,31,36)/t20-,21-. The van der Waals surface area contributed by atoms with Gasteiger partial charge in [-0.15, -0.1) is 10.2 Å². The van der Waals surface area contributed by atoms with Crippen molar-refractivity contribution in [1.82, 2.24) is 25.4 Å². The van der Waals surface area contributed by atoms with Crippen molar-refractivity contribution < 1.29 is 14.0 Å². The molecule has 8 heteroatoms. The van der Waals surface area contributed by atoms with E-state index in [-0.39, 0.29) is 29.6 Å². The predicted octanol–water partition coefficient (Wildman–Crippen LogP) is 4.96. The Kier molecular flexibility index (Phi) is 7.35. The van der Waals surface area contributed by atoms with Crippen LogP contribution in [0, 0.1) is 5.92 Å². The first-order chi connectivity index (χ1) is 18.0. The van der Waals surface area contributed by atoms with E-state index in [1.807, 2.05) is 79.2 Å². The van der Waals surface area contributed by atoms with Crippen molar-refractivity contribution in [3.8, 4) is 5.69 Å². The molecule has 0 spiro atoms. The van der Waals surface area contributed by atoms with E-state index in [2.05, 4.69) is 20.8 Å². The Labute approximate surface area is 216 Å². The lowest BCUT2D eigenvalue weighted by Gasteiger charge is -2.25. The Morgan fingerprint density at radius 3 is 2.38 bits per heavy atom. The number of amides is 2. The van der Waals surface area contributed by atoms with E-state index in [0.717, 1.165) is 42.3 Å². The van der Waals surface area contributed by atoms with Gasteiger partial charge in [0.15, 0.2) is 0 Å². The average Bonchev–Trinajstić information content (AvgIpc) is 3.58. The molecule has 0 bridgehead atoms. The third-order valence-electron chi connectivity index (χ3n) is 7.10. The Morgan fingerprint density at radius 1 is 0.946 bits per heavy atom. The van der Waals surface area contributed by atoms with Crippen LogP contribution in [0.3, 0.4) is 0 Å². The van der Waals surface area contributed by atoms with Crippen molar-refractivity contribution in [3.05, 3.63) is 78.1 Å². The predicted molar refractivity (Wildman–Crippen MR) is 142 cm³/mol. The molecule has 1 saturated carbocycles. The number of aromatic nitrogens is 3. The quantitative estimate of drug-likeness (QED) is 0.334. The molecule has 0 atom stereocenters. The van der Waals surface area contributed by atoms with Crippen LogP contribution in [-0.4, -0.2) is 39.7 Å². The molecular weight excluding hydrogens is 466 g/mol. The van der Waals surface area contributed by atoms with E-state index < -0.39 is 0 Å². The lowest BCUT2D eigenvalue weighted by atomic mass is 9.81. The maximum atomic E-state index is 13.0. The molecule has 2 amide bonds. The first-order valence-corrected chi connectivity index (χ1v) is 13.1. The van der Waals surface area contributed by atoms with Crippen LogP contribution >= 0.6 is 0 Å². The van der Waals surface area contributed by atoms with Gasteiger partial charge in [-0.25, -0.2) is 0 Å². The maximum absolute atomic E-state index is 13.0. The van der Waals surface area contributed by atoms with Crippen molar-refractivity contribution in [2.24, 2.45) is 5.92 Å². The summed E-state index contributed by atoms with van der Waals surface area (Å²) in [7, 11) is 0. The van der Waals surface area contributed by atoms with E-state index >= 15 is 0 Å². The van der Waals surface area contributed by atoms with Gasteiger partial charge in [-0.1, -0.05) is 50.2 Å². The fourth-order valence-electron chi connectivity index (χ4n) is 5.01. The van der Waals surface area contributed by atoms with Gasteiger partial charge < -0.3 is 19.6 Å². The highest BCUT2D eigenvalue weighted by Crippen LogP contribution is 2.35.